The van der Waals surface area contributed by atoms with Crippen molar-refractivity contribution in [1.29, 1.82) is 0 Å². The van der Waals surface area contributed by atoms with E-state index in [0.29, 0.717) is 5.56 Å². The molecule has 0 bridgehead atoms. The largest absolute Gasteiger partial charge is 0.503 e. The molecule has 3 aromatic heterocycles. The molecule has 0 atom stereocenters. The third kappa shape index (κ3) is 12.4. The highest BCUT2D eigenvalue weighted by Gasteiger charge is 2.32. The van der Waals surface area contributed by atoms with Crippen molar-refractivity contribution in [2.45, 2.75) is 63.7 Å². The van der Waals surface area contributed by atoms with Gasteiger partial charge in [0.25, 0.3) is 23.6 Å². The zero-order valence-corrected chi connectivity index (χ0v) is 33.3. The number of nitrogens with zero attached hydrogens (tertiary/aromatic N) is 3. The average Bonchev–Trinajstić information content (AvgIpc) is 3.24. The lowest BCUT2D eigenvalue weighted by Gasteiger charge is -2.36. The summed E-state index contributed by atoms with van der Waals surface area (Å²) in [5.41, 5.74) is -4.19. The maximum atomic E-state index is 13.8. The fourth-order valence-electron chi connectivity index (χ4n) is 6.89. The maximum Gasteiger partial charge on any atom is 0.271 e. The van der Waals surface area contributed by atoms with E-state index >= 15 is 0 Å². The van der Waals surface area contributed by atoms with E-state index in [1.807, 2.05) is 0 Å². The zero-order chi connectivity index (χ0) is 44.5. The molecule has 4 amide bonds. The summed E-state index contributed by atoms with van der Waals surface area (Å²) in [6.07, 6.45) is 5.05. The second-order valence-corrected chi connectivity index (χ2v) is 14.1. The zero-order valence-electron chi connectivity index (χ0n) is 33.3. The molecular formula is C41H51N7O13. The van der Waals surface area contributed by atoms with E-state index in [0.717, 1.165) is 18.2 Å². The van der Waals surface area contributed by atoms with Crippen LogP contribution in [-0.4, -0.2) is 113 Å². The number of rotatable bonds is 23. The van der Waals surface area contributed by atoms with Crippen LogP contribution in [-0.2, 0) is 19.6 Å². The predicted molar refractivity (Wildman–Crippen MR) is 220 cm³/mol. The summed E-state index contributed by atoms with van der Waals surface area (Å²) < 4.78 is 3.70. The number of aromatic hydroxyl groups is 3. The van der Waals surface area contributed by atoms with E-state index in [9.17, 15) is 64.2 Å². The highest BCUT2D eigenvalue weighted by Crippen LogP contribution is 2.27. The minimum atomic E-state index is -1.09. The molecule has 10 N–H and O–H groups in total. The van der Waals surface area contributed by atoms with Gasteiger partial charge in [-0.15, -0.1) is 0 Å². The number of aliphatic hydroxyl groups is 3. The lowest BCUT2D eigenvalue weighted by molar-refractivity contribution is 0.0856. The first-order valence-electron chi connectivity index (χ1n) is 19.6. The van der Waals surface area contributed by atoms with E-state index in [-0.39, 0.29) is 115 Å². The van der Waals surface area contributed by atoms with Crippen LogP contribution in [0.2, 0.25) is 0 Å². The number of hydrogen-bond donors (Lipinski definition) is 10. The van der Waals surface area contributed by atoms with E-state index in [1.165, 1.54) is 32.3 Å². The van der Waals surface area contributed by atoms with Crippen molar-refractivity contribution in [2.75, 3.05) is 39.5 Å². The first-order chi connectivity index (χ1) is 29.3. The molecule has 3 heterocycles. The Labute approximate surface area is 348 Å². The van der Waals surface area contributed by atoms with Gasteiger partial charge in [0.05, 0.1) is 19.8 Å². The number of carbonyl (C=O) groups excluding carboxylic acids is 4. The first kappa shape index (κ1) is 46.9. The number of aromatic nitrogens is 3. The Morgan fingerprint density at radius 2 is 0.820 bits per heavy atom. The summed E-state index contributed by atoms with van der Waals surface area (Å²) in [6.45, 7) is -1.40. The summed E-state index contributed by atoms with van der Waals surface area (Å²) in [5, 5.41) is 70.7. The molecule has 0 spiro atoms. The molecule has 0 aliphatic carbocycles. The third-order valence-corrected chi connectivity index (χ3v) is 9.89. The fraction of sp³-hybridized carbons (Fsp3) is 0.390. The first-order valence-corrected chi connectivity index (χ1v) is 19.6. The van der Waals surface area contributed by atoms with E-state index in [4.69, 9.17) is 0 Å². The third-order valence-electron chi connectivity index (χ3n) is 9.89. The van der Waals surface area contributed by atoms with E-state index < -0.39 is 62.7 Å². The fourth-order valence-corrected chi connectivity index (χ4v) is 6.89. The number of nitrogens with one attached hydrogen (secondary N) is 4. The van der Waals surface area contributed by atoms with Gasteiger partial charge in [-0.3, -0.25) is 33.6 Å². The Morgan fingerprint density at radius 1 is 0.492 bits per heavy atom. The van der Waals surface area contributed by atoms with Crippen molar-refractivity contribution in [3.05, 3.63) is 120 Å². The molecule has 61 heavy (non-hydrogen) atoms. The lowest BCUT2D eigenvalue weighted by atomic mass is 9.83. The normalized spacial score (nSPS) is 11.2. The Balaban J connectivity index is 1.58. The van der Waals surface area contributed by atoms with Crippen molar-refractivity contribution in [1.82, 2.24) is 35.0 Å². The number of hydrogen-bond acceptors (Lipinski definition) is 13. The second kappa shape index (κ2) is 22.6. The molecule has 0 fully saturated rings. The van der Waals surface area contributed by atoms with Crippen LogP contribution in [0.15, 0.2) is 81.5 Å². The summed E-state index contributed by atoms with van der Waals surface area (Å²) in [6, 6.07) is 11.5. The standard InChI is InChI=1S/C41H51N7O13/c49-24-21-46-18-9-28(52)34(55)31(46)38(59)42-15-4-12-41(45-37(58)27-7-2-1-3-8-27,13-5-16-43-39(60)32-35(56)29(53)10-19-47(32)22-25-50)14-6-17-44-40(61)33-36(57)30(54)11-20-48(33)23-26-51/h1-3,7-11,18-20,49-51,55-57H,4-6,12-17,21-26H2,(H,42,59)(H,43,60)(H,44,61)(H,45,58). The summed E-state index contributed by atoms with van der Waals surface area (Å²) in [4.78, 5) is 90.0. The molecule has 0 aliphatic rings. The average molecular weight is 850 g/mol. The molecule has 0 saturated heterocycles. The van der Waals surface area contributed by atoms with Crippen LogP contribution in [0.1, 0.15) is 80.3 Å². The van der Waals surface area contributed by atoms with Crippen molar-refractivity contribution < 1.29 is 49.8 Å². The predicted octanol–water partition coefficient (Wildman–Crippen LogP) is -0.635. The van der Waals surface area contributed by atoms with Gasteiger partial charge in [0, 0.05) is 87.2 Å². The molecule has 0 aliphatic heterocycles. The van der Waals surface area contributed by atoms with Crippen LogP contribution in [0, 0.1) is 0 Å². The number of pyridine rings is 3. The van der Waals surface area contributed by atoms with Crippen molar-refractivity contribution in [3.8, 4) is 17.2 Å². The van der Waals surface area contributed by atoms with Gasteiger partial charge in [-0.25, -0.2) is 0 Å². The van der Waals surface area contributed by atoms with E-state index in [2.05, 4.69) is 21.3 Å². The Kier molecular flexibility index (Phi) is 17.3. The van der Waals surface area contributed by atoms with Crippen LogP contribution >= 0.6 is 0 Å². The van der Waals surface area contributed by atoms with Gasteiger partial charge >= 0.3 is 0 Å². The highest BCUT2D eigenvalue weighted by molar-refractivity contribution is 5.96. The smallest absolute Gasteiger partial charge is 0.271 e. The Bertz CT molecular complexity index is 2130. The minimum absolute atomic E-state index is 0.0117. The summed E-state index contributed by atoms with van der Waals surface area (Å²) in [7, 11) is 0. The molecule has 1 aromatic carbocycles. The second-order valence-electron chi connectivity index (χ2n) is 14.1. The number of benzene rings is 1. The molecule has 20 nitrogen and oxygen atoms in total. The van der Waals surface area contributed by atoms with Gasteiger partial charge in [0.2, 0.25) is 16.3 Å². The van der Waals surface area contributed by atoms with Gasteiger partial charge in [-0.2, -0.15) is 0 Å². The quantitative estimate of drug-likeness (QED) is 0.0416. The van der Waals surface area contributed by atoms with Gasteiger partial charge in [-0.05, 0) is 50.7 Å². The topological polar surface area (TPSA) is 304 Å². The number of carbonyl (C=O) groups is 4. The maximum absolute atomic E-state index is 13.8. The summed E-state index contributed by atoms with van der Waals surface area (Å²) in [5.74, 6) is -5.21. The molecule has 0 radical (unpaired) electrons. The Morgan fingerprint density at radius 3 is 1.13 bits per heavy atom. The molecule has 4 aromatic rings. The minimum Gasteiger partial charge on any atom is -0.503 e. The molecule has 20 heteroatoms. The van der Waals surface area contributed by atoms with Crippen molar-refractivity contribution in [2.24, 2.45) is 0 Å². The van der Waals surface area contributed by atoms with Crippen LogP contribution in [0.4, 0.5) is 0 Å². The molecule has 4 rings (SSSR count). The SMILES string of the molecule is O=C(NC(CCCNC(=O)c1c(O)c(=O)ccn1CCO)(CCCNC(=O)c1c(O)c(=O)ccn1CCO)CCCNC(=O)c1c(O)c(=O)ccn1CCO)c1ccccc1. The molecule has 328 valence electrons. The molecular weight excluding hydrogens is 798 g/mol. The van der Waals surface area contributed by atoms with Gasteiger partial charge in [-0.1, -0.05) is 18.2 Å². The molecule has 0 unspecified atom stereocenters. The number of aliphatic hydroxyl groups excluding tert-OH is 3. The van der Waals surface area contributed by atoms with Crippen LogP contribution < -0.4 is 37.6 Å². The van der Waals surface area contributed by atoms with E-state index in [1.54, 1.807) is 30.3 Å². The van der Waals surface area contributed by atoms with Gasteiger partial charge in [0.15, 0.2) is 34.3 Å². The lowest BCUT2D eigenvalue weighted by Crippen LogP contribution is -2.50. The van der Waals surface area contributed by atoms with Crippen LogP contribution in [0.3, 0.4) is 0 Å². The van der Waals surface area contributed by atoms with Crippen LogP contribution in [0.25, 0.3) is 0 Å². The molecule has 0 saturated carbocycles. The van der Waals surface area contributed by atoms with Crippen molar-refractivity contribution >= 4 is 23.6 Å². The highest BCUT2D eigenvalue weighted by atomic mass is 16.3. The summed E-state index contributed by atoms with van der Waals surface area (Å²) >= 11 is 0. The Hall–Kier alpha value is -6.77. The van der Waals surface area contributed by atoms with Crippen molar-refractivity contribution in [3.63, 3.8) is 0 Å². The monoisotopic (exact) mass is 849 g/mol. The van der Waals surface area contributed by atoms with Gasteiger partial charge in [0.1, 0.15) is 0 Å². The van der Waals surface area contributed by atoms with Crippen LogP contribution in [0.5, 0.6) is 17.2 Å². The number of amides is 4. The van der Waals surface area contributed by atoms with Gasteiger partial charge < -0.3 is 65.6 Å².